The van der Waals surface area contributed by atoms with E-state index in [2.05, 4.69) is 24.9 Å². The van der Waals surface area contributed by atoms with E-state index in [9.17, 15) is 13.2 Å². The molecule has 1 aromatic carbocycles. The largest absolute Gasteiger partial charge is 0.310 e. The average Bonchev–Trinajstić information content (AvgIpc) is 2.87. The maximum absolute atomic E-state index is 12.3. The standard InChI is InChI=1S/C15H17N5O3S/c1-9-14(10(2)20-19-9)24(22,23)16-8-7-13-17-12-6-4-3-5-11(12)15(21)18-13/h3-6,16H,7-8H2,1-2H3,(H,19,20)(H,17,18,21). The summed E-state index contributed by atoms with van der Waals surface area (Å²) in [5.41, 5.74) is 1.25. The van der Waals surface area contributed by atoms with Gasteiger partial charge in [0, 0.05) is 13.0 Å². The molecule has 8 nitrogen and oxygen atoms in total. The van der Waals surface area contributed by atoms with Gasteiger partial charge in [-0.05, 0) is 26.0 Å². The van der Waals surface area contributed by atoms with Gasteiger partial charge in [-0.1, -0.05) is 12.1 Å². The fourth-order valence-corrected chi connectivity index (χ4v) is 3.96. The number of aromatic nitrogens is 4. The lowest BCUT2D eigenvalue weighted by molar-refractivity contribution is 0.579. The minimum Gasteiger partial charge on any atom is -0.310 e. The van der Waals surface area contributed by atoms with Gasteiger partial charge in [0.05, 0.1) is 22.3 Å². The lowest BCUT2D eigenvalue weighted by Crippen LogP contribution is -2.27. The maximum atomic E-state index is 12.3. The summed E-state index contributed by atoms with van der Waals surface area (Å²) >= 11 is 0. The number of hydrogen-bond donors (Lipinski definition) is 3. The van der Waals surface area contributed by atoms with Gasteiger partial charge in [0.2, 0.25) is 10.0 Å². The van der Waals surface area contributed by atoms with Gasteiger partial charge in [-0.25, -0.2) is 18.1 Å². The molecule has 0 saturated heterocycles. The molecule has 2 heterocycles. The highest BCUT2D eigenvalue weighted by molar-refractivity contribution is 7.89. The Hall–Kier alpha value is -2.52. The number of sulfonamides is 1. The molecule has 0 spiro atoms. The van der Waals surface area contributed by atoms with Crippen LogP contribution in [0.1, 0.15) is 17.2 Å². The summed E-state index contributed by atoms with van der Waals surface area (Å²) in [6, 6.07) is 7.00. The van der Waals surface area contributed by atoms with Crippen LogP contribution in [0.3, 0.4) is 0 Å². The van der Waals surface area contributed by atoms with Crippen LogP contribution in [-0.4, -0.2) is 35.1 Å². The molecule has 24 heavy (non-hydrogen) atoms. The number of nitrogens with zero attached hydrogens (tertiary/aromatic N) is 2. The quantitative estimate of drug-likeness (QED) is 0.630. The Bertz CT molecular complexity index is 1030. The van der Waals surface area contributed by atoms with Gasteiger partial charge in [0.15, 0.2) is 0 Å². The molecule has 0 fully saturated rings. The van der Waals surface area contributed by atoms with Gasteiger partial charge in [-0.3, -0.25) is 9.89 Å². The van der Waals surface area contributed by atoms with E-state index in [0.717, 1.165) is 0 Å². The Morgan fingerprint density at radius 1 is 1.21 bits per heavy atom. The Kier molecular flexibility index (Phi) is 4.20. The molecule has 0 aliphatic rings. The van der Waals surface area contributed by atoms with Gasteiger partial charge >= 0.3 is 0 Å². The Balaban J connectivity index is 1.76. The van der Waals surface area contributed by atoms with Crippen molar-refractivity contribution in [3.05, 3.63) is 51.8 Å². The van der Waals surface area contributed by atoms with Crippen molar-refractivity contribution >= 4 is 20.9 Å². The number of para-hydroxylation sites is 1. The third kappa shape index (κ3) is 3.08. The van der Waals surface area contributed by atoms with Crippen LogP contribution in [-0.2, 0) is 16.4 Å². The van der Waals surface area contributed by atoms with Crippen LogP contribution in [0, 0.1) is 13.8 Å². The topological polar surface area (TPSA) is 121 Å². The number of hydrogen-bond acceptors (Lipinski definition) is 5. The molecule has 0 bridgehead atoms. The number of H-pyrrole nitrogens is 2. The first-order chi connectivity index (χ1) is 11.4. The van der Waals surface area contributed by atoms with E-state index in [1.807, 2.05) is 0 Å². The normalized spacial score (nSPS) is 11.9. The lowest BCUT2D eigenvalue weighted by Gasteiger charge is -2.07. The summed E-state index contributed by atoms with van der Waals surface area (Å²) in [5.74, 6) is 0.432. The highest BCUT2D eigenvalue weighted by Crippen LogP contribution is 2.16. The highest BCUT2D eigenvalue weighted by Gasteiger charge is 2.21. The second-order valence-corrected chi connectivity index (χ2v) is 7.14. The first kappa shape index (κ1) is 16.3. The third-order valence-corrected chi connectivity index (χ3v) is 5.37. The Morgan fingerprint density at radius 3 is 2.67 bits per heavy atom. The van der Waals surface area contributed by atoms with E-state index in [-0.39, 0.29) is 23.4 Å². The maximum Gasteiger partial charge on any atom is 0.258 e. The molecular formula is C15H17N5O3S. The predicted octanol–water partition coefficient (Wildman–Crippen LogP) is 0.784. The van der Waals surface area contributed by atoms with Gasteiger partial charge in [-0.15, -0.1) is 0 Å². The molecule has 0 unspecified atom stereocenters. The molecule has 9 heteroatoms. The van der Waals surface area contributed by atoms with Crippen molar-refractivity contribution in [1.82, 2.24) is 24.9 Å². The monoisotopic (exact) mass is 347 g/mol. The first-order valence-electron chi connectivity index (χ1n) is 7.37. The van der Waals surface area contributed by atoms with Crippen LogP contribution >= 0.6 is 0 Å². The number of rotatable bonds is 5. The molecule has 3 rings (SSSR count). The van der Waals surface area contributed by atoms with Crippen molar-refractivity contribution in [2.24, 2.45) is 0 Å². The third-order valence-electron chi connectivity index (χ3n) is 3.65. The number of benzene rings is 1. The van der Waals surface area contributed by atoms with Gasteiger partial charge < -0.3 is 4.98 Å². The van der Waals surface area contributed by atoms with Gasteiger partial charge in [0.25, 0.3) is 5.56 Å². The van der Waals surface area contributed by atoms with E-state index >= 15 is 0 Å². The van der Waals surface area contributed by atoms with Crippen molar-refractivity contribution in [3.8, 4) is 0 Å². The average molecular weight is 347 g/mol. The zero-order valence-corrected chi connectivity index (χ0v) is 14.1. The van der Waals surface area contributed by atoms with Crippen molar-refractivity contribution < 1.29 is 8.42 Å². The summed E-state index contributed by atoms with van der Waals surface area (Å²) in [6.45, 7) is 3.39. The molecule has 0 atom stereocenters. The van der Waals surface area contributed by atoms with E-state index in [1.54, 1.807) is 38.1 Å². The second kappa shape index (κ2) is 6.17. The smallest absolute Gasteiger partial charge is 0.258 e. The summed E-state index contributed by atoms with van der Waals surface area (Å²) < 4.78 is 27.2. The number of nitrogens with one attached hydrogen (secondary N) is 3. The number of aromatic amines is 2. The molecule has 2 aromatic heterocycles. The van der Waals surface area contributed by atoms with Crippen LogP contribution in [0.2, 0.25) is 0 Å². The fourth-order valence-electron chi connectivity index (χ4n) is 2.57. The van der Waals surface area contributed by atoms with Gasteiger partial charge in [0.1, 0.15) is 10.7 Å². The molecule has 0 radical (unpaired) electrons. The summed E-state index contributed by atoms with van der Waals surface area (Å²) in [7, 11) is -3.66. The van der Waals surface area contributed by atoms with Crippen LogP contribution in [0.15, 0.2) is 34.0 Å². The number of fused-ring (bicyclic) bond motifs is 1. The molecular weight excluding hydrogens is 330 g/mol. The van der Waals surface area contributed by atoms with Crippen molar-refractivity contribution in [1.29, 1.82) is 0 Å². The molecule has 0 amide bonds. The summed E-state index contributed by atoms with van der Waals surface area (Å²) in [6.07, 6.45) is 0.273. The van der Waals surface area contributed by atoms with E-state index in [1.165, 1.54) is 0 Å². The molecule has 126 valence electrons. The fraction of sp³-hybridized carbons (Fsp3) is 0.267. The Labute approximate surface area is 138 Å². The molecule has 0 aliphatic carbocycles. The molecule has 0 saturated carbocycles. The van der Waals surface area contributed by atoms with Crippen LogP contribution < -0.4 is 10.3 Å². The van der Waals surface area contributed by atoms with Crippen LogP contribution in [0.5, 0.6) is 0 Å². The molecule has 0 aliphatic heterocycles. The lowest BCUT2D eigenvalue weighted by atomic mass is 10.2. The van der Waals surface area contributed by atoms with E-state index < -0.39 is 10.0 Å². The minimum atomic E-state index is -3.66. The Morgan fingerprint density at radius 2 is 1.96 bits per heavy atom. The second-order valence-electron chi connectivity index (χ2n) is 5.44. The minimum absolute atomic E-state index is 0.119. The van der Waals surface area contributed by atoms with Crippen molar-refractivity contribution in [2.45, 2.75) is 25.2 Å². The summed E-state index contributed by atoms with van der Waals surface area (Å²) in [5, 5.41) is 7.05. The number of aryl methyl sites for hydroxylation is 2. The van der Waals surface area contributed by atoms with Crippen molar-refractivity contribution in [2.75, 3.05) is 6.54 Å². The van der Waals surface area contributed by atoms with Crippen LogP contribution in [0.4, 0.5) is 0 Å². The van der Waals surface area contributed by atoms with E-state index in [4.69, 9.17) is 0 Å². The summed E-state index contributed by atoms with van der Waals surface area (Å²) in [4.78, 5) is 19.2. The predicted molar refractivity (Wildman–Crippen MR) is 89.3 cm³/mol. The zero-order chi connectivity index (χ0) is 17.3. The molecule has 3 aromatic rings. The van der Waals surface area contributed by atoms with Gasteiger partial charge in [-0.2, -0.15) is 5.10 Å². The van der Waals surface area contributed by atoms with Crippen LogP contribution in [0.25, 0.3) is 10.9 Å². The molecule has 3 N–H and O–H groups in total. The van der Waals surface area contributed by atoms with Crippen molar-refractivity contribution in [3.63, 3.8) is 0 Å². The van der Waals surface area contributed by atoms with E-state index in [0.29, 0.717) is 28.1 Å². The first-order valence-corrected chi connectivity index (χ1v) is 8.86. The highest BCUT2D eigenvalue weighted by atomic mass is 32.2. The zero-order valence-electron chi connectivity index (χ0n) is 13.3. The SMILES string of the molecule is Cc1n[nH]c(C)c1S(=O)(=O)NCCc1nc2ccccc2c(=O)[nH]1.